The van der Waals surface area contributed by atoms with Gasteiger partial charge in [0.2, 0.25) is 10.0 Å². The SMILES string of the molecule is CNC(=O)COC(=O)c1ccc(S(=O)(=O)N2CCc3ccccc3C2)cc1. The van der Waals surface area contributed by atoms with Crippen LogP contribution in [0.15, 0.2) is 53.4 Å². The van der Waals surface area contributed by atoms with E-state index in [1.54, 1.807) is 0 Å². The summed E-state index contributed by atoms with van der Waals surface area (Å²) in [5.41, 5.74) is 2.35. The normalized spacial score (nSPS) is 14.3. The molecule has 1 N–H and O–H groups in total. The Hall–Kier alpha value is -2.71. The highest BCUT2D eigenvalue weighted by Gasteiger charge is 2.28. The molecule has 0 bridgehead atoms. The van der Waals surface area contributed by atoms with Crippen molar-refractivity contribution in [3.05, 3.63) is 65.2 Å². The zero-order chi connectivity index (χ0) is 19.4. The minimum atomic E-state index is -3.66. The molecule has 7 nitrogen and oxygen atoms in total. The first-order chi connectivity index (χ1) is 12.9. The van der Waals surface area contributed by atoms with Crippen LogP contribution in [-0.4, -0.2) is 44.8 Å². The maximum atomic E-state index is 12.9. The molecule has 0 radical (unpaired) electrons. The van der Waals surface area contributed by atoms with Crippen molar-refractivity contribution >= 4 is 21.9 Å². The van der Waals surface area contributed by atoms with Gasteiger partial charge in [-0.1, -0.05) is 24.3 Å². The van der Waals surface area contributed by atoms with E-state index in [0.717, 1.165) is 11.1 Å². The average molecular weight is 388 g/mol. The molecule has 1 amide bonds. The summed E-state index contributed by atoms with van der Waals surface area (Å²) in [6.07, 6.45) is 0.666. The van der Waals surface area contributed by atoms with Crippen LogP contribution in [0.2, 0.25) is 0 Å². The predicted octanol–water partition coefficient (Wildman–Crippen LogP) is 1.34. The van der Waals surface area contributed by atoms with Crippen LogP contribution >= 0.6 is 0 Å². The van der Waals surface area contributed by atoms with Crippen LogP contribution in [0.4, 0.5) is 0 Å². The van der Waals surface area contributed by atoms with Gasteiger partial charge < -0.3 is 10.1 Å². The molecule has 0 atom stereocenters. The van der Waals surface area contributed by atoms with E-state index in [4.69, 9.17) is 4.74 Å². The monoisotopic (exact) mass is 388 g/mol. The maximum absolute atomic E-state index is 12.9. The van der Waals surface area contributed by atoms with Gasteiger partial charge in [0, 0.05) is 20.1 Å². The number of sulfonamides is 1. The zero-order valence-corrected chi connectivity index (χ0v) is 15.7. The van der Waals surface area contributed by atoms with Gasteiger partial charge in [0.05, 0.1) is 10.5 Å². The van der Waals surface area contributed by atoms with Gasteiger partial charge in [-0.3, -0.25) is 4.79 Å². The molecule has 0 aromatic heterocycles. The first kappa shape index (κ1) is 19.1. The minimum absolute atomic E-state index is 0.115. The first-order valence-electron chi connectivity index (χ1n) is 8.46. The number of rotatable bonds is 5. The number of nitrogens with one attached hydrogen (secondary N) is 1. The third-order valence-electron chi connectivity index (χ3n) is 4.44. The second kappa shape index (κ2) is 7.89. The number of hydrogen-bond donors (Lipinski definition) is 1. The standard InChI is InChI=1S/C19H20N2O5S/c1-20-18(22)13-26-19(23)15-6-8-17(9-7-15)27(24,25)21-11-10-14-4-2-3-5-16(14)12-21/h2-9H,10-13H2,1H3,(H,20,22). The highest BCUT2D eigenvalue weighted by Crippen LogP contribution is 2.25. The molecule has 2 aromatic rings. The van der Waals surface area contributed by atoms with Crippen molar-refractivity contribution in [2.45, 2.75) is 17.9 Å². The Bertz CT molecular complexity index is 954. The Balaban J connectivity index is 1.72. The van der Waals surface area contributed by atoms with Gasteiger partial charge in [-0.25, -0.2) is 13.2 Å². The van der Waals surface area contributed by atoms with E-state index in [-0.39, 0.29) is 17.1 Å². The van der Waals surface area contributed by atoms with Crippen molar-refractivity contribution in [1.29, 1.82) is 0 Å². The lowest BCUT2D eigenvalue weighted by Gasteiger charge is -2.28. The van der Waals surface area contributed by atoms with Gasteiger partial charge in [-0.05, 0) is 41.8 Å². The number of esters is 1. The van der Waals surface area contributed by atoms with Crippen molar-refractivity contribution in [2.75, 3.05) is 20.2 Å². The number of nitrogens with zero attached hydrogens (tertiary/aromatic N) is 1. The summed E-state index contributed by atoms with van der Waals surface area (Å²) in [6, 6.07) is 13.3. The summed E-state index contributed by atoms with van der Waals surface area (Å²) in [5.74, 6) is -1.11. The molecule has 27 heavy (non-hydrogen) atoms. The number of benzene rings is 2. The summed E-state index contributed by atoms with van der Waals surface area (Å²) in [5, 5.41) is 2.34. The van der Waals surface area contributed by atoms with Crippen molar-refractivity contribution < 1.29 is 22.7 Å². The number of amides is 1. The van der Waals surface area contributed by atoms with Crippen LogP contribution in [0.25, 0.3) is 0 Å². The zero-order valence-electron chi connectivity index (χ0n) is 14.8. The van der Waals surface area contributed by atoms with Crippen LogP contribution in [0.5, 0.6) is 0 Å². The predicted molar refractivity (Wildman–Crippen MR) is 98.5 cm³/mol. The van der Waals surface area contributed by atoms with Crippen molar-refractivity contribution in [3.63, 3.8) is 0 Å². The minimum Gasteiger partial charge on any atom is -0.452 e. The van der Waals surface area contributed by atoms with Crippen LogP contribution in [0.3, 0.4) is 0 Å². The highest BCUT2D eigenvalue weighted by atomic mass is 32.2. The molecule has 0 fully saturated rings. The number of likely N-dealkylation sites (N-methyl/N-ethyl adjacent to an activating group) is 1. The molecule has 142 valence electrons. The molecule has 2 aromatic carbocycles. The van der Waals surface area contributed by atoms with Gasteiger partial charge >= 0.3 is 5.97 Å². The van der Waals surface area contributed by atoms with Crippen molar-refractivity contribution in [1.82, 2.24) is 9.62 Å². The maximum Gasteiger partial charge on any atom is 0.338 e. The molecule has 0 spiro atoms. The second-order valence-corrected chi connectivity index (χ2v) is 8.07. The number of carbonyl (C=O) groups excluding carboxylic acids is 2. The molecule has 1 aliphatic rings. The summed E-state index contributed by atoms with van der Waals surface area (Å²) < 4.78 is 32.1. The number of carbonyl (C=O) groups is 2. The number of fused-ring (bicyclic) bond motifs is 1. The lowest BCUT2D eigenvalue weighted by molar-refractivity contribution is -0.123. The van der Waals surface area contributed by atoms with Crippen LogP contribution < -0.4 is 5.32 Å². The quantitative estimate of drug-likeness (QED) is 0.781. The fourth-order valence-electron chi connectivity index (χ4n) is 2.87. The Kier molecular flexibility index (Phi) is 5.57. The lowest BCUT2D eigenvalue weighted by Crippen LogP contribution is -2.35. The number of hydrogen-bond acceptors (Lipinski definition) is 5. The van der Waals surface area contributed by atoms with E-state index in [9.17, 15) is 18.0 Å². The smallest absolute Gasteiger partial charge is 0.338 e. The molecule has 0 saturated heterocycles. The molecule has 3 rings (SSSR count). The number of ether oxygens (including phenoxy) is 1. The van der Waals surface area contributed by atoms with E-state index >= 15 is 0 Å². The Morgan fingerprint density at radius 2 is 1.74 bits per heavy atom. The summed E-state index contributed by atoms with van der Waals surface area (Å²) in [6.45, 7) is 0.353. The van der Waals surface area contributed by atoms with E-state index in [2.05, 4.69) is 5.32 Å². The van der Waals surface area contributed by atoms with Crippen LogP contribution in [0.1, 0.15) is 21.5 Å². The Morgan fingerprint density at radius 1 is 1.07 bits per heavy atom. The third kappa shape index (κ3) is 4.17. The molecule has 0 aliphatic carbocycles. The first-order valence-corrected chi connectivity index (χ1v) is 9.90. The second-order valence-electron chi connectivity index (χ2n) is 6.13. The molecule has 0 unspecified atom stereocenters. The van der Waals surface area contributed by atoms with E-state index in [1.165, 1.54) is 35.6 Å². The van der Waals surface area contributed by atoms with Crippen LogP contribution in [-0.2, 0) is 32.5 Å². The lowest BCUT2D eigenvalue weighted by atomic mass is 10.0. The molecule has 8 heteroatoms. The molecular formula is C19H20N2O5S. The van der Waals surface area contributed by atoms with Gasteiger partial charge in [0.1, 0.15) is 0 Å². The van der Waals surface area contributed by atoms with Crippen molar-refractivity contribution in [2.24, 2.45) is 0 Å². The van der Waals surface area contributed by atoms with Gasteiger partial charge in [-0.2, -0.15) is 4.31 Å². The Morgan fingerprint density at radius 3 is 2.41 bits per heavy atom. The molecule has 0 saturated carbocycles. The fraction of sp³-hybridized carbons (Fsp3) is 0.263. The summed E-state index contributed by atoms with van der Waals surface area (Å²) in [4.78, 5) is 23.1. The average Bonchev–Trinajstić information content (AvgIpc) is 2.71. The van der Waals surface area contributed by atoms with E-state index in [1.807, 2.05) is 24.3 Å². The van der Waals surface area contributed by atoms with Gasteiger partial charge in [0.25, 0.3) is 5.91 Å². The van der Waals surface area contributed by atoms with Gasteiger partial charge in [-0.15, -0.1) is 0 Å². The van der Waals surface area contributed by atoms with E-state index in [0.29, 0.717) is 19.5 Å². The van der Waals surface area contributed by atoms with Crippen molar-refractivity contribution in [3.8, 4) is 0 Å². The van der Waals surface area contributed by atoms with Gasteiger partial charge in [0.15, 0.2) is 6.61 Å². The topological polar surface area (TPSA) is 92.8 Å². The van der Waals surface area contributed by atoms with E-state index < -0.39 is 21.9 Å². The highest BCUT2D eigenvalue weighted by molar-refractivity contribution is 7.89. The third-order valence-corrected chi connectivity index (χ3v) is 6.30. The molecular weight excluding hydrogens is 368 g/mol. The largest absolute Gasteiger partial charge is 0.452 e. The summed E-state index contributed by atoms with van der Waals surface area (Å²) in [7, 11) is -2.22. The van der Waals surface area contributed by atoms with Crippen LogP contribution in [0, 0.1) is 0 Å². The molecule has 1 aliphatic heterocycles. The Labute approximate surface area is 158 Å². The summed E-state index contributed by atoms with van der Waals surface area (Å²) >= 11 is 0. The molecule has 1 heterocycles. The fourth-order valence-corrected chi connectivity index (χ4v) is 4.29.